The van der Waals surface area contributed by atoms with E-state index >= 15 is 0 Å². The Balaban J connectivity index is 1.70. The number of hydrogen-bond acceptors (Lipinski definition) is 2. The maximum Gasteiger partial charge on any atom is 0.387 e. The zero-order valence-corrected chi connectivity index (χ0v) is 16.7. The van der Waals surface area contributed by atoms with Gasteiger partial charge in [0.15, 0.2) is 6.54 Å². The number of rotatable bonds is 9. The monoisotopic (exact) mass is 411 g/mol. The van der Waals surface area contributed by atoms with Crippen LogP contribution < -0.4 is 15.0 Å². The van der Waals surface area contributed by atoms with Crippen molar-refractivity contribution in [3.63, 3.8) is 0 Å². The predicted octanol–water partition coefficient (Wildman–Crippen LogP) is 3.21. The van der Waals surface area contributed by atoms with Gasteiger partial charge in [0, 0.05) is 5.56 Å². The third kappa shape index (κ3) is 6.39. The van der Waals surface area contributed by atoms with Crippen molar-refractivity contribution in [3.8, 4) is 5.75 Å². The van der Waals surface area contributed by atoms with Gasteiger partial charge in [-0.25, -0.2) is 0 Å². The molecular weight excluding hydrogens is 386 g/mol. The van der Waals surface area contributed by atoms with Crippen molar-refractivity contribution in [3.05, 3.63) is 102 Å². The first-order valence-corrected chi connectivity index (χ1v) is 9.75. The highest BCUT2D eigenvalue weighted by atomic mass is 19.3. The minimum Gasteiger partial charge on any atom is -0.435 e. The number of amides is 1. The van der Waals surface area contributed by atoms with Crippen molar-refractivity contribution < 1.29 is 23.2 Å². The van der Waals surface area contributed by atoms with Gasteiger partial charge in [0.2, 0.25) is 0 Å². The number of hydrogen-bond donors (Lipinski definition) is 2. The van der Waals surface area contributed by atoms with E-state index < -0.39 is 6.61 Å². The summed E-state index contributed by atoms with van der Waals surface area (Å²) >= 11 is 0. The number of carbonyl (C=O) groups excluding carboxylic acids is 1. The van der Waals surface area contributed by atoms with Crippen LogP contribution in [0.3, 0.4) is 0 Å². The first-order valence-electron chi connectivity index (χ1n) is 9.75. The molecule has 30 heavy (non-hydrogen) atoms. The van der Waals surface area contributed by atoms with Crippen molar-refractivity contribution in [2.75, 3.05) is 13.6 Å². The summed E-state index contributed by atoms with van der Waals surface area (Å²) in [6.45, 7) is -1.82. The lowest BCUT2D eigenvalue weighted by atomic mass is 9.98. The minimum absolute atomic E-state index is 0.0823. The average molecular weight is 411 g/mol. The molecule has 6 heteroatoms. The second kappa shape index (κ2) is 10.5. The smallest absolute Gasteiger partial charge is 0.387 e. The Hall–Kier alpha value is -3.25. The zero-order chi connectivity index (χ0) is 21.3. The van der Waals surface area contributed by atoms with E-state index in [1.165, 1.54) is 12.1 Å². The number of benzene rings is 3. The molecule has 0 saturated heterocycles. The molecule has 1 unspecified atom stereocenters. The quantitative estimate of drug-likeness (QED) is 0.568. The third-order valence-corrected chi connectivity index (χ3v) is 4.69. The highest BCUT2D eigenvalue weighted by Gasteiger charge is 2.19. The molecule has 3 rings (SSSR count). The second-order valence-corrected chi connectivity index (χ2v) is 7.16. The normalized spacial score (nSPS) is 12.9. The molecule has 0 bridgehead atoms. The summed E-state index contributed by atoms with van der Waals surface area (Å²) in [6.07, 6.45) is 0. The number of nitrogens with one attached hydrogen (secondary N) is 2. The van der Waals surface area contributed by atoms with Gasteiger partial charge in [0.05, 0.1) is 13.1 Å². The number of halogens is 2. The molecule has 0 aliphatic heterocycles. The molecule has 0 heterocycles. The Morgan fingerprint density at radius 3 is 2.07 bits per heavy atom. The van der Waals surface area contributed by atoms with Crippen LogP contribution in [0.4, 0.5) is 8.78 Å². The third-order valence-electron chi connectivity index (χ3n) is 4.69. The van der Waals surface area contributed by atoms with Gasteiger partial charge in [-0.2, -0.15) is 8.78 Å². The van der Waals surface area contributed by atoms with Gasteiger partial charge < -0.3 is 15.0 Å². The second-order valence-electron chi connectivity index (χ2n) is 7.16. The Morgan fingerprint density at radius 1 is 0.900 bits per heavy atom. The molecule has 0 fully saturated rings. The highest BCUT2D eigenvalue weighted by Crippen LogP contribution is 2.24. The summed E-state index contributed by atoms with van der Waals surface area (Å²) < 4.78 is 29.2. The molecular formula is C24H25F2N2O2+. The van der Waals surface area contributed by atoms with E-state index in [9.17, 15) is 13.6 Å². The number of carbonyl (C=O) groups is 1. The lowest BCUT2D eigenvalue weighted by Gasteiger charge is -2.21. The average Bonchev–Trinajstić information content (AvgIpc) is 2.73. The maximum absolute atomic E-state index is 12.8. The van der Waals surface area contributed by atoms with E-state index in [0.717, 1.165) is 28.1 Å². The summed E-state index contributed by atoms with van der Waals surface area (Å²) in [4.78, 5) is 13.8. The Kier molecular flexibility index (Phi) is 7.51. The summed E-state index contributed by atoms with van der Waals surface area (Å²) in [6, 6.07) is 25.5. The van der Waals surface area contributed by atoms with Crippen molar-refractivity contribution in [2.24, 2.45) is 0 Å². The topological polar surface area (TPSA) is 42.8 Å². The van der Waals surface area contributed by atoms with Crippen LogP contribution in [-0.4, -0.2) is 26.1 Å². The van der Waals surface area contributed by atoms with Crippen LogP contribution in [0.15, 0.2) is 84.9 Å². The first-order chi connectivity index (χ1) is 14.5. The van der Waals surface area contributed by atoms with E-state index in [-0.39, 0.29) is 17.7 Å². The van der Waals surface area contributed by atoms with Crippen molar-refractivity contribution in [1.82, 2.24) is 5.32 Å². The number of alkyl halides is 2. The predicted molar refractivity (Wildman–Crippen MR) is 111 cm³/mol. The molecule has 156 valence electrons. The van der Waals surface area contributed by atoms with Crippen LogP contribution in [0.2, 0.25) is 0 Å². The first kappa shape index (κ1) is 21.5. The highest BCUT2D eigenvalue weighted by molar-refractivity contribution is 5.78. The van der Waals surface area contributed by atoms with E-state index in [4.69, 9.17) is 0 Å². The van der Waals surface area contributed by atoms with Crippen molar-refractivity contribution >= 4 is 5.91 Å². The lowest BCUT2D eigenvalue weighted by Crippen LogP contribution is -3.08. The van der Waals surface area contributed by atoms with Crippen LogP contribution in [0.25, 0.3) is 0 Å². The molecule has 4 nitrogen and oxygen atoms in total. The van der Waals surface area contributed by atoms with Crippen LogP contribution in [0.1, 0.15) is 22.7 Å². The summed E-state index contributed by atoms with van der Waals surface area (Å²) in [7, 11) is 1.97. The molecule has 0 aromatic heterocycles. The summed E-state index contributed by atoms with van der Waals surface area (Å²) in [5.41, 5.74) is 2.86. The minimum atomic E-state index is -2.87. The molecule has 2 N–H and O–H groups in total. The fourth-order valence-corrected chi connectivity index (χ4v) is 3.34. The molecule has 0 spiro atoms. The van der Waals surface area contributed by atoms with Crippen molar-refractivity contribution in [2.45, 2.75) is 19.2 Å². The van der Waals surface area contributed by atoms with Gasteiger partial charge in [0.1, 0.15) is 12.3 Å². The van der Waals surface area contributed by atoms with Gasteiger partial charge in [-0.05, 0) is 23.3 Å². The van der Waals surface area contributed by atoms with E-state index in [0.29, 0.717) is 6.54 Å². The molecule has 3 aromatic carbocycles. The fraction of sp³-hybridized carbons (Fsp3) is 0.208. The standard InChI is InChI=1S/C24H24F2N2O2/c1-28(16-18-8-4-2-5-9-18)17-22(29)27-23(19-10-6-3-7-11-19)20-12-14-21(15-13-20)30-24(25)26/h2-15,23-24H,16-17H2,1H3,(H,27,29)/p+1/t23-/m0/s1. The molecule has 2 atom stereocenters. The Bertz CT molecular complexity index is 919. The molecule has 0 radical (unpaired) electrons. The van der Waals surface area contributed by atoms with Gasteiger partial charge in [0.25, 0.3) is 5.91 Å². The van der Waals surface area contributed by atoms with Gasteiger partial charge in [-0.3, -0.25) is 4.79 Å². The van der Waals surface area contributed by atoms with Crippen LogP contribution in [0, 0.1) is 0 Å². The van der Waals surface area contributed by atoms with Crippen LogP contribution in [0.5, 0.6) is 5.75 Å². The zero-order valence-electron chi connectivity index (χ0n) is 16.7. The Morgan fingerprint density at radius 2 is 1.47 bits per heavy atom. The summed E-state index contributed by atoms with van der Waals surface area (Å²) in [5.74, 6) is -0.0101. The molecule has 1 amide bonds. The van der Waals surface area contributed by atoms with Gasteiger partial charge in [-0.15, -0.1) is 0 Å². The van der Waals surface area contributed by atoms with Gasteiger partial charge >= 0.3 is 6.61 Å². The largest absolute Gasteiger partial charge is 0.435 e. The van der Waals surface area contributed by atoms with E-state index in [1.807, 2.05) is 67.7 Å². The van der Waals surface area contributed by atoms with Gasteiger partial charge in [-0.1, -0.05) is 72.8 Å². The van der Waals surface area contributed by atoms with Crippen LogP contribution >= 0.6 is 0 Å². The molecule has 0 saturated carbocycles. The van der Waals surface area contributed by atoms with Crippen LogP contribution in [-0.2, 0) is 11.3 Å². The SMILES string of the molecule is C[NH+](CC(=O)N[C@@H](c1ccccc1)c1ccc(OC(F)F)cc1)Cc1ccccc1. The number of quaternary nitrogens is 1. The number of likely N-dealkylation sites (N-methyl/N-ethyl adjacent to an activating group) is 1. The van der Waals surface area contributed by atoms with E-state index in [2.05, 4.69) is 10.1 Å². The molecule has 0 aliphatic carbocycles. The number of ether oxygens (including phenoxy) is 1. The molecule has 3 aromatic rings. The van der Waals surface area contributed by atoms with Crippen molar-refractivity contribution in [1.29, 1.82) is 0 Å². The fourth-order valence-electron chi connectivity index (χ4n) is 3.34. The Labute approximate surface area is 175 Å². The lowest BCUT2D eigenvalue weighted by molar-refractivity contribution is -0.885. The summed E-state index contributed by atoms with van der Waals surface area (Å²) in [5, 5.41) is 3.08. The molecule has 0 aliphatic rings. The maximum atomic E-state index is 12.8. The van der Waals surface area contributed by atoms with E-state index in [1.54, 1.807) is 12.1 Å².